The Balaban J connectivity index is 1.89. The Labute approximate surface area is 108 Å². The molecular weight excluding hydrogens is 228 g/mol. The summed E-state index contributed by atoms with van der Waals surface area (Å²) in [6.07, 6.45) is 8.28. The fraction of sp³-hybridized carbons (Fsp3) is 0.857. The van der Waals surface area contributed by atoms with E-state index in [1.54, 1.807) is 0 Å². The normalized spacial score (nSPS) is 32.3. The lowest BCUT2D eigenvalue weighted by molar-refractivity contribution is -0.156. The van der Waals surface area contributed by atoms with Crippen LogP contribution in [-0.4, -0.2) is 34.3 Å². The first kappa shape index (κ1) is 12.0. The summed E-state index contributed by atoms with van der Waals surface area (Å²) in [4.78, 5) is 26.9. The maximum atomic E-state index is 12.8. The van der Waals surface area contributed by atoms with Crippen LogP contribution in [0, 0.1) is 0 Å². The van der Waals surface area contributed by atoms with E-state index in [1.807, 2.05) is 11.8 Å². The fourth-order valence-corrected chi connectivity index (χ4v) is 3.92. The van der Waals surface area contributed by atoms with Gasteiger partial charge >= 0.3 is 0 Å². The van der Waals surface area contributed by atoms with Crippen LogP contribution in [0.1, 0.15) is 58.3 Å². The standard InChI is InChI=1S/C14H22N2O2/c1-10-12(17)15-14(8-4-5-9-14)13(18)16(10)11-6-2-3-7-11/h10-11H,2-9H2,1H3,(H,15,17). The van der Waals surface area contributed by atoms with Crippen LogP contribution in [0.5, 0.6) is 0 Å². The van der Waals surface area contributed by atoms with Crippen molar-refractivity contribution in [3.63, 3.8) is 0 Å². The predicted octanol–water partition coefficient (Wildman–Crippen LogP) is 1.59. The van der Waals surface area contributed by atoms with E-state index >= 15 is 0 Å². The third kappa shape index (κ3) is 1.65. The summed E-state index contributed by atoms with van der Waals surface area (Å²) in [5.74, 6) is 0.238. The molecule has 3 fully saturated rings. The molecule has 2 saturated carbocycles. The number of piperazine rings is 1. The van der Waals surface area contributed by atoms with Crippen LogP contribution in [0.2, 0.25) is 0 Å². The Morgan fingerprint density at radius 3 is 2.33 bits per heavy atom. The van der Waals surface area contributed by atoms with E-state index in [4.69, 9.17) is 0 Å². The van der Waals surface area contributed by atoms with Gasteiger partial charge in [0.2, 0.25) is 11.8 Å². The van der Waals surface area contributed by atoms with Crippen molar-refractivity contribution in [2.24, 2.45) is 0 Å². The van der Waals surface area contributed by atoms with E-state index in [0.29, 0.717) is 6.04 Å². The number of hydrogen-bond acceptors (Lipinski definition) is 2. The van der Waals surface area contributed by atoms with Gasteiger partial charge in [-0.25, -0.2) is 0 Å². The molecular formula is C14H22N2O2. The molecule has 3 aliphatic rings. The molecule has 1 atom stereocenters. The van der Waals surface area contributed by atoms with Gasteiger partial charge in [-0.2, -0.15) is 0 Å². The molecule has 3 rings (SSSR count). The number of amides is 2. The Hall–Kier alpha value is -1.06. The van der Waals surface area contributed by atoms with Crippen LogP contribution < -0.4 is 5.32 Å². The molecule has 100 valence electrons. The number of nitrogens with zero attached hydrogens (tertiary/aromatic N) is 1. The van der Waals surface area contributed by atoms with Crippen molar-refractivity contribution in [2.45, 2.75) is 75.9 Å². The lowest BCUT2D eigenvalue weighted by Crippen LogP contribution is -2.70. The minimum absolute atomic E-state index is 0.0448. The summed E-state index contributed by atoms with van der Waals surface area (Å²) >= 11 is 0. The van der Waals surface area contributed by atoms with Gasteiger partial charge in [-0.15, -0.1) is 0 Å². The van der Waals surface area contributed by atoms with Gasteiger partial charge in [0.1, 0.15) is 11.6 Å². The van der Waals surface area contributed by atoms with E-state index in [1.165, 1.54) is 12.8 Å². The van der Waals surface area contributed by atoms with Gasteiger partial charge in [0, 0.05) is 6.04 Å². The molecule has 0 aromatic carbocycles. The van der Waals surface area contributed by atoms with Crippen LogP contribution >= 0.6 is 0 Å². The van der Waals surface area contributed by atoms with E-state index < -0.39 is 5.54 Å². The van der Waals surface area contributed by atoms with Crippen LogP contribution in [0.4, 0.5) is 0 Å². The molecule has 1 unspecified atom stereocenters. The van der Waals surface area contributed by atoms with Gasteiger partial charge in [0.15, 0.2) is 0 Å². The number of carbonyl (C=O) groups excluding carboxylic acids is 2. The van der Waals surface area contributed by atoms with E-state index in [0.717, 1.165) is 38.5 Å². The maximum absolute atomic E-state index is 12.8. The summed E-state index contributed by atoms with van der Waals surface area (Å²) in [5.41, 5.74) is -0.549. The van der Waals surface area contributed by atoms with Gasteiger partial charge in [-0.3, -0.25) is 9.59 Å². The van der Waals surface area contributed by atoms with Crippen molar-refractivity contribution >= 4 is 11.8 Å². The minimum Gasteiger partial charge on any atom is -0.340 e. The van der Waals surface area contributed by atoms with Crippen molar-refractivity contribution in [3.05, 3.63) is 0 Å². The molecule has 1 spiro atoms. The molecule has 4 nitrogen and oxygen atoms in total. The van der Waals surface area contributed by atoms with Crippen molar-refractivity contribution in [1.82, 2.24) is 10.2 Å². The van der Waals surface area contributed by atoms with Gasteiger partial charge in [0.25, 0.3) is 0 Å². The average molecular weight is 250 g/mol. The van der Waals surface area contributed by atoms with Crippen LogP contribution in [0.15, 0.2) is 0 Å². The number of nitrogens with one attached hydrogen (secondary N) is 1. The van der Waals surface area contributed by atoms with Gasteiger partial charge in [-0.05, 0) is 32.6 Å². The largest absolute Gasteiger partial charge is 0.340 e. The summed E-state index contributed by atoms with van der Waals surface area (Å²) in [6.45, 7) is 1.87. The zero-order chi connectivity index (χ0) is 12.8. The molecule has 1 aliphatic heterocycles. The predicted molar refractivity (Wildman–Crippen MR) is 67.9 cm³/mol. The van der Waals surface area contributed by atoms with Crippen molar-refractivity contribution in [3.8, 4) is 0 Å². The second-order valence-electron chi connectivity index (χ2n) is 6.11. The summed E-state index contributed by atoms with van der Waals surface area (Å²) in [6, 6.07) is 0.0165. The maximum Gasteiger partial charge on any atom is 0.249 e. The number of carbonyl (C=O) groups is 2. The van der Waals surface area contributed by atoms with Gasteiger partial charge in [-0.1, -0.05) is 25.7 Å². The molecule has 0 bridgehead atoms. The smallest absolute Gasteiger partial charge is 0.249 e. The van der Waals surface area contributed by atoms with E-state index in [2.05, 4.69) is 5.32 Å². The molecule has 18 heavy (non-hydrogen) atoms. The van der Waals surface area contributed by atoms with Crippen molar-refractivity contribution in [1.29, 1.82) is 0 Å². The van der Waals surface area contributed by atoms with E-state index in [-0.39, 0.29) is 17.9 Å². The first-order valence-electron chi connectivity index (χ1n) is 7.29. The van der Waals surface area contributed by atoms with Crippen molar-refractivity contribution < 1.29 is 9.59 Å². The molecule has 0 aromatic rings. The summed E-state index contributed by atoms with van der Waals surface area (Å²) in [7, 11) is 0. The van der Waals surface area contributed by atoms with Gasteiger partial charge < -0.3 is 10.2 Å². The molecule has 1 heterocycles. The Kier molecular flexibility index (Phi) is 2.83. The highest BCUT2D eigenvalue weighted by Crippen LogP contribution is 2.37. The molecule has 1 saturated heterocycles. The van der Waals surface area contributed by atoms with Gasteiger partial charge in [0.05, 0.1) is 0 Å². The molecule has 1 N–H and O–H groups in total. The molecule has 2 amide bonds. The lowest BCUT2D eigenvalue weighted by Gasteiger charge is -2.46. The third-order valence-corrected chi connectivity index (χ3v) is 4.98. The molecule has 0 radical (unpaired) electrons. The number of rotatable bonds is 1. The molecule has 4 heteroatoms. The molecule has 0 aromatic heterocycles. The van der Waals surface area contributed by atoms with E-state index in [9.17, 15) is 9.59 Å². The highest BCUT2D eigenvalue weighted by atomic mass is 16.2. The fourth-order valence-electron chi connectivity index (χ4n) is 3.92. The zero-order valence-electron chi connectivity index (χ0n) is 11.1. The Bertz CT molecular complexity index is 368. The average Bonchev–Trinajstić information content (AvgIpc) is 2.99. The zero-order valence-corrected chi connectivity index (χ0v) is 11.1. The SMILES string of the molecule is CC1C(=O)NC2(CCCC2)C(=O)N1C1CCCC1. The Morgan fingerprint density at radius 2 is 1.72 bits per heavy atom. The number of hydrogen-bond donors (Lipinski definition) is 1. The minimum atomic E-state index is -0.549. The first-order chi connectivity index (χ1) is 8.64. The quantitative estimate of drug-likeness (QED) is 0.768. The monoisotopic (exact) mass is 250 g/mol. The Morgan fingerprint density at radius 1 is 1.11 bits per heavy atom. The second-order valence-corrected chi connectivity index (χ2v) is 6.11. The second kappa shape index (κ2) is 4.25. The van der Waals surface area contributed by atoms with Crippen LogP contribution in [-0.2, 0) is 9.59 Å². The lowest BCUT2D eigenvalue weighted by atomic mass is 9.89. The first-order valence-corrected chi connectivity index (χ1v) is 7.29. The topological polar surface area (TPSA) is 49.4 Å². The van der Waals surface area contributed by atoms with Crippen LogP contribution in [0.3, 0.4) is 0 Å². The van der Waals surface area contributed by atoms with Crippen LogP contribution in [0.25, 0.3) is 0 Å². The van der Waals surface area contributed by atoms with Crippen molar-refractivity contribution in [2.75, 3.05) is 0 Å². The third-order valence-electron chi connectivity index (χ3n) is 4.98. The molecule has 2 aliphatic carbocycles. The summed E-state index contributed by atoms with van der Waals surface area (Å²) in [5, 5.41) is 3.01. The highest BCUT2D eigenvalue weighted by molar-refractivity contribution is 6.00. The summed E-state index contributed by atoms with van der Waals surface area (Å²) < 4.78 is 0. The highest BCUT2D eigenvalue weighted by Gasteiger charge is 2.52.